The molecule has 1 aliphatic rings. The molecule has 0 radical (unpaired) electrons. The van der Waals surface area contributed by atoms with E-state index in [1.54, 1.807) is 30.3 Å². The molecule has 0 aromatic heterocycles. The first kappa shape index (κ1) is 14.1. The van der Waals surface area contributed by atoms with Gasteiger partial charge in [-0.25, -0.2) is 4.39 Å². The first-order chi connectivity index (χ1) is 9.56. The number of ether oxygens (including phenoxy) is 1. The normalized spacial score (nSPS) is 25.4. The van der Waals surface area contributed by atoms with Crippen molar-refractivity contribution >= 4 is 17.8 Å². The molecule has 5 heteroatoms. The van der Waals surface area contributed by atoms with E-state index in [9.17, 15) is 19.1 Å². The summed E-state index contributed by atoms with van der Waals surface area (Å²) in [5.74, 6) is -1.62. The van der Waals surface area contributed by atoms with E-state index in [4.69, 9.17) is 0 Å². The van der Waals surface area contributed by atoms with E-state index in [0.29, 0.717) is 5.56 Å². The smallest absolute Gasteiger partial charge is 0.326 e. The summed E-state index contributed by atoms with van der Waals surface area (Å²) in [6, 6.07) is 8.25. The first-order valence-corrected chi connectivity index (χ1v) is 5.94. The molecule has 104 valence electrons. The predicted molar refractivity (Wildman–Crippen MR) is 70.1 cm³/mol. The van der Waals surface area contributed by atoms with E-state index < -0.39 is 23.3 Å². The Balaban J connectivity index is 2.56. The number of methoxy groups -OCH3 is 1. The second kappa shape index (κ2) is 5.38. The molecule has 2 rings (SSSR count). The number of hydrogen-bond acceptors (Lipinski definition) is 4. The van der Waals surface area contributed by atoms with Crippen LogP contribution >= 0.6 is 0 Å². The highest BCUT2D eigenvalue weighted by Gasteiger charge is 2.49. The molecular weight excluding hydrogens is 263 g/mol. The van der Waals surface area contributed by atoms with E-state index in [1.807, 2.05) is 0 Å². The third-order valence-electron chi connectivity index (χ3n) is 3.31. The maximum Gasteiger partial charge on any atom is 0.326 e. The predicted octanol–water partition coefficient (Wildman–Crippen LogP) is 1.66. The zero-order valence-corrected chi connectivity index (χ0v) is 10.7. The monoisotopic (exact) mass is 276 g/mol. The average molecular weight is 276 g/mol. The van der Waals surface area contributed by atoms with Crippen LogP contribution in [0.1, 0.15) is 5.56 Å². The lowest BCUT2D eigenvalue weighted by Gasteiger charge is -2.31. The van der Waals surface area contributed by atoms with Crippen LogP contribution in [0.2, 0.25) is 0 Å². The summed E-state index contributed by atoms with van der Waals surface area (Å²) in [7, 11) is 1.10. The van der Waals surface area contributed by atoms with Crippen LogP contribution < -0.4 is 0 Å². The van der Waals surface area contributed by atoms with Gasteiger partial charge in [-0.3, -0.25) is 4.79 Å². The SMILES string of the molecule is COC(=O)C1(C=O)C=CC(F)=C(c2ccccc2)C1O. The lowest BCUT2D eigenvalue weighted by atomic mass is 9.74. The first-order valence-electron chi connectivity index (χ1n) is 5.94. The van der Waals surface area contributed by atoms with Gasteiger partial charge in [-0.1, -0.05) is 36.4 Å². The van der Waals surface area contributed by atoms with Crippen molar-refractivity contribution in [3.63, 3.8) is 0 Å². The Morgan fingerprint density at radius 3 is 2.60 bits per heavy atom. The van der Waals surface area contributed by atoms with Gasteiger partial charge in [0, 0.05) is 5.57 Å². The fraction of sp³-hybridized carbons (Fsp3) is 0.200. The fourth-order valence-corrected chi connectivity index (χ4v) is 2.18. The number of rotatable bonds is 3. The number of aldehydes is 1. The highest BCUT2D eigenvalue weighted by Crippen LogP contribution is 2.39. The van der Waals surface area contributed by atoms with Gasteiger partial charge in [0.05, 0.1) is 7.11 Å². The molecule has 0 saturated heterocycles. The Hall–Kier alpha value is -2.27. The summed E-state index contributed by atoms with van der Waals surface area (Å²) in [5, 5.41) is 10.3. The van der Waals surface area contributed by atoms with Gasteiger partial charge in [0.25, 0.3) is 0 Å². The maximum atomic E-state index is 14.0. The minimum atomic E-state index is -1.92. The van der Waals surface area contributed by atoms with Gasteiger partial charge in [0.1, 0.15) is 18.2 Å². The quantitative estimate of drug-likeness (QED) is 0.518. The lowest BCUT2D eigenvalue weighted by Crippen LogP contribution is -2.45. The second-order valence-electron chi connectivity index (χ2n) is 4.41. The second-order valence-corrected chi connectivity index (χ2v) is 4.41. The fourth-order valence-electron chi connectivity index (χ4n) is 2.18. The molecule has 1 aromatic carbocycles. The summed E-state index contributed by atoms with van der Waals surface area (Å²) >= 11 is 0. The van der Waals surface area contributed by atoms with Crippen molar-refractivity contribution < 1.29 is 23.8 Å². The minimum Gasteiger partial charge on any atom is -0.468 e. The molecule has 2 unspecified atom stereocenters. The van der Waals surface area contributed by atoms with Gasteiger partial charge < -0.3 is 14.6 Å². The van der Waals surface area contributed by atoms with Crippen molar-refractivity contribution in [2.24, 2.45) is 5.41 Å². The van der Waals surface area contributed by atoms with Crippen molar-refractivity contribution in [1.29, 1.82) is 0 Å². The van der Waals surface area contributed by atoms with Gasteiger partial charge in [0.15, 0.2) is 5.41 Å². The van der Waals surface area contributed by atoms with Crippen LogP contribution in [0.15, 0.2) is 48.3 Å². The molecule has 0 amide bonds. The van der Waals surface area contributed by atoms with E-state index in [0.717, 1.165) is 19.3 Å². The molecule has 1 aromatic rings. The third-order valence-corrected chi connectivity index (χ3v) is 3.31. The summed E-state index contributed by atoms with van der Waals surface area (Å²) in [6.45, 7) is 0. The van der Waals surface area contributed by atoms with Gasteiger partial charge in [-0.05, 0) is 11.6 Å². The number of carbonyl (C=O) groups excluding carboxylic acids is 2. The Kier molecular flexibility index (Phi) is 3.81. The number of hydrogen-bond donors (Lipinski definition) is 1. The van der Waals surface area contributed by atoms with Gasteiger partial charge >= 0.3 is 5.97 Å². The largest absolute Gasteiger partial charge is 0.468 e. The van der Waals surface area contributed by atoms with Crippen LogP contribution in [0.25, 0.3) is 5.57 Å². The summed E-state index contributed by atoms with van der Waals surface area (Å²) < 4.78 is 18.5. The highest BCUT2D eigenvalue weighted by atomic mass is 19.1. The third kappa shape index (κ3) is 2.06. The Labute approximate surface area is 115 Å². The molecule has 0 bridgehead atoms. The zero-order valence-electron chi connectivity index (χ0n) is 10.7. The summed E-state index contributed by atoms with van der Waals surface area (Å²) in [5.41, 5.74) is -1.63. The Morgan fingerprint density at radius 2 is 2.05 bits per heavy atom. The molecule has 4 nitrogen and oxygen atoms in total. The minimum absolute atomic E-state index is 0.106. The molecule has 0 saturated carbocycles. The molecule has 0 spiro atoms. The van der Waals surface area contributed by atoms with Crippen molar-refractivity contribution in [2.75, 3.05) is 7.11 Å². The number of halogens is 1. The number of aliphatic hydroxyl groups is 1. The van der Waals surface area contributed by atoms with E-state index in [1.165, 1.54) is 0 Å². The number of aliphatic hydroxyl groups excluding tert-OH is 1. The molecule has 1 N–H and O–H groups in total. The van der Waals surface area contributed by atoms with E-state index >= 15 is 0 Å². The molecule has 0 fully saturated rings. The van der Waals surface area contributed by atoms with Crippen LogP contribution in [0.3, 0.4) is 0 Å². The molecule has 0 heterocycles. The van der Waals surface area contributed by atoms with E-state index in [2.05, 4.69) is 4.74 Å². The van der Waals surface area contributed by atoms with Crippen molar-refractivity contribution in [3.05, 3.63) is 53.9 Å². The number of benzene rings is 1. The molecular formula is C15H13FO4. The van der Waals surface area contributed by atoms with Gasteiger partial charge in [-0.15, -0.1) is 0 Å². The average Bonchev–Trinajstić information content (AvgIpc) is 2.48. The molecule has 20 heavy (non-hydrogen) atoms. The van der Waals surface area contributed by atoms with Crippen LogP contribution in [-0.2, 0) is 14.3 Å². The molecule has 1 aliphatic carbocycles. The standard InChI is InChI=1S/C15H13FO4/c1-20-14(19)15(9-17)8-7-11(16)12(13(15)18)10-5-3-2-4-6-10/h2-9,13,18H,1H3. The van der Waals surface area contributed by atoms with Crippen LogP contribution in [0.4, 0.5) is 4.39 Å². The summed E-state index contributed by atoms with van der Waals surface area (Å²) in [6.07, 6.45) is 0.661. The van der Waals surface area contributed by atoms with Crippen LogP contribution in [0, 0.1) is 5.41 Å². The van der Waals surface area contributed by atoms with Gasteiger partial charge in [-0.2, -0.15) is 0 Å². The maximum absolute atomic E-state index is 14.0. The van der Waals surface area contributed by atoms with Crippen molar-refractivity contribution in [1.82, 2.24) is 0 Å². The zero-order chi connectivity index (χ0) is 14.8. The van der Waals surface area contributed by atoms with Gasteiger partial charge in [0.2, 0.25) is 0 Å². The Bertz CT molecular complexity index is 591. The highest BCUT2D eigenvalue weighted by molar-refractivity contribution is 6.00. The topological polar surface area (TPSA) is 63.6 Å². The number of esters is 1. The van der Waals surface area contributed by atoms with Crippen molar-refractivity contribution in [2.45, 2.75) is 6.10 Å². The van der Waals surface area contributed by atoms with Crippen LogP contribution in [0.5, 0.6) is 0 Å². The van der Waals surface area contributed by atoms with Crippen LogP contribution in [-0.4, -0.2) is 30.6 Å². The Morgan fingerprint density at radius 1 is 1.40 bits per heavy atom. The summed E-state index contributed by atoms with van der Waals surface area (Å²) in [4.78, 5) is 23.1. The van der Waals surface area contributed by atoms with Crippen molar-refractivity contribution in [3.8, 4) is 0 Å². The number of carbonyl (C=O) groups is 2. The molecule has 2 atom stereocenters. The molecule has 0 aliphatic heterocycles. The van der Waals surface area contributed by atoms with E-state index in [-0.39, 0.29) is 11.9 Å². The lowest BCUT2D eigenvalue weighted by molar-refractivity contribution is -0.155. The number of allylic oxidation sites excluding steroid dienone is 2.